The van der Waals surface area contributed by atoms with Gasteiger partial charge in [0, 0.05) is 23.9 Å². The Bertz CT molecular complexity index is 389. The highest BCUT2D eigenvalue weighted by Gasteiger charge is 2.35. The Kier molecular flexibility index (Phi) is 4.40. The summed E-state index contributed by atoms with van der Waals surface area (Å²) < 4.78 is 0. The van der Waals surface area contributed by atoms with Gasteiger partial charge in [-0.15, -0.1) is 11.3 Å². The first-order chi connectivity index (χ1) is 8.59. The van der Waals surface area contributed by atoms with Crippen LogP contribution in [0.3, 0.4) is 0 Å². The maximum absolute atomic E-state index is 12.1. The topological polar surface area (TPSA) is 46.3 Å². The number of likely N-dealkylation sites (tertiary alicyclic amines) is 1. The molecule has 4 heteroatoms. The van der Waals surface area contributed by atoms with Gasteiger partial charge < -0.3 is 10.6 Å². The van der Waals surface area contributed by atoms with Crippen LogP contribution in [0.25, 0.3) is 0 Å². The molecule has 3 nitrogen and oxygen atoms in total. The molecule has 0 saturated carbocycles. The molecule has 1 aromatic rings. The first-order valence-electron chi connectivity index (χ1n) is 6.68. The van der Waals surface area contributed by atoms with Crippen LogP contribution in [0.2, 0.25) is 0 Å². The van der Waals surface area contributed by atoms with Crippen LogP contribution in [0.4, 0.5) is 0 Å². The van der Waals surface area contributed by atoms with Crippen molar-refractivity contribution in [3.63, 3.8) is 0 Å². The number of hydrogen-bond acceptors (Lipinski definition) is 3. The Labute approximate surface area is 113 Å². The summed E-state index contributed by atoms with van der Waals surface area (Å²) in [5.74, 6) is 0.871. The van der Waals surface area contributed by atoms with E-state index in [1.54, 1.807) is 11.3 Å². The molecule has 1 aliphatic heterocycles. The number of hydrogen-bond donors (Lipinski definition) is 1. The van der Waals surface area contributed by atoms with Crippen molar-refractivity contribution in [3.05, 3.63) is 22.4 Å². The molecule has 1 amide bonds. The van der Waals surface area contributed by atoms with E-state index < -0.39 is 0 Å². The molecule has 1 saturated heterocycles. The predicted molar refractivity (Wildman–Crippen MR) is 75.4 cm³/mol. The van der Waals surface area contributed by atoms with Crippen LogP contribution in [0.15, 0.2) is 17.5 Å². The predicted octanol–water partition coefficient (Wildman–Crippen LogP) is 2.79. The zero-order chi connectivity index (χ0) is 13.1. The Hall–Kier alpha value is -0.870. The van der Waals surface area contributed by atoms with Crippen LogP contribution in [0.1, 0.15) is 44.0 Å². The maximum atomic E-state index is 12.1. The molecule has 0 bridgehead atoms. The molecule has 0 aromatic carbocycles. The largest absolute Gasteiger partial charge is 0.333 e. The first kappa shape index (κ1) is 13.6. The second kappa shape index (κ2) is 5.85. The molecule has 2 heterocycles. The molecule has 2 atom stereocenters. The molecule has 1 aliphatic rings. The lowest BCUT2D eigenvalue weighted by Crippen LogP contribution is -2.49. The second-order valence-electron chi connectivity index (χ2n) is 5.43. The van der Waals surface area contributed by atoms with Crippen LogP contribution >= 0.6 is 11.3 Å². The van der Waals surface area contributed by atoms with Gasteiger partial charge in [-0.1, -0.05) is 19.9 Å². The van der Waals surface area contributed by atoms with E-state index in [-0.39, 0.29) is 18.0 Å². The monoisotopic (exact) mass is 266 g/mol. The summed E-state index contributed by atoms with van der Waals surface area (Å²) in [6.07, 6.45) is 2.45. The molecule has 0 spiro atoms. The normalized spacial score (nSPS) is 24.9. The number of amides is 1. The summed E-state index contributed by atoms with van der Waals surface area (Å²) in [5, 5.41) is 2.06. The molecule has 1 fully saturated rings. The summed E-state index contributed by atoms with van der Waals surface area (Å²) in [5.41, 5.74) is 6.24. The van der Waals surface area contributed by atoms with Crippen LogP contribution in [-0.2, 0) is 4.79 Å². The highest BCUT2D eigenvalue weighted by Crippen LogP contribution is 2.33. The number of carbonyl (C=O) groups excluding carboxylic acids is 1. The van der Waals surface area contributed by atoms with Gasteiger partial charge in [-0.3, -0.25) is 4.79 Å². The Morgan fingerprint density at radius 3 is 2.94 bits per heavy atom. The summed E-state index contributed by atoms with van der Waals surface area (Å²) in [6, 6.07) is 4.29. The van der Waals surface area contributed by atoms with E-state index in [0.29, 0.717) is 12.3 Å². The van der Waals surface area contributed by atoms with E-state index in [9.17, 15) is 4.79 Å². The molecular formula is C14H22N2OS. The number of thiophene rings is 1. The molecule has 2 rings (SSSR count). The van der Waals surface area contributed by atoms with E-state index in [0.717, 1.165) is 19.4 Å². The first-order valence-corrected chi connectivity index (χ1v) is 7.56. The lowest BCUT2D eigenvalue weighted by atomic mass is 9.94. The number of carbonyl (C=O) groups is 1. The number of rotatable bonds is 4. The van der Waals surface area contributed by atoms with Crippen molar-refractivity contribution in [1.82, 2.24) is 4.90 Å². The smallest absolute Gasteiger partial charge is 0.223 e. The van der Waals surface area contributed by atoms with Crippen molar-refractivity contribution in [2.75, 3.05) is 6.54 Å². The van der Waals surface area contributed by atoms with E-state index in [1.165, 1.54) is 4.88 Å². The van der Waals surface area contributed by atoms with Crippen molar-refractivity contribution < 1.29 is 4.79 Å². The van der Waals surface area contributed by atoms with Gasteiger partial charge in [-0.25, -0.2) is 0 Å². The molecule has 1 aromatic heterocycles. The summed E-state index contributed by atoms with van der Waals surface area (Å²) in [7, 11) is 0. The van der Waals surface area contributed by atoms with Crippen LogP contribution < -0.4 is 5.73 Å². The number of piperidine rings is 1. The molecule has 2 N–H and O–H groups in total. The molecule has 100 valence electrons. The number of nitrogens with zero attached hydrogens (tertiary/aromatic N) is 1. The minimum atomic E-state index is 0.0773. The lowest BCUT2D eigenvalue weighted by Gasteiger charge is -2.39. The van der Waals surface area contributed by atoms with Gasteiger partial charge in [0.15, 0.2) is 0 Å². The SMILES string of the molecule is CC(C)CCN1C(=O)CCC(N)C1c1cccs1. The van der Waals surface area contributed by atoms with Crippen molar-refractivity contribution in [1.29, 1.82) is 0 Å². The summed E-state index contributed by atoms with van der Waals surface area (Å²) in [6.45, 7) is 5.20. The third kappa shape index (κ3) is 2.93. The fourth-order valence-corrected chi connectivity index (χ4v) is 3.38. The zero-order valence-electron chi connectivity index (χ0n) is 11.1. The highest BCUT2D eigenvalue weighted by molar-refractivity contribution is 7.10. The maximum Gasteiger partial charge on any atom is 0.223 e. The third-order valence-electron chi connectivity index (χ3n) is 3.54. The van der Waals surface area contributed by atoms with Gasteiger partial charge in [0.25, 0.3) is 0 Å². The molecule has 0 aliphatic carbocycles. The van der Waals surface area contributed by atoms with Gasteiger partial charge in [-0.05, 0) is 30.2 Å². The lowest BCUT2D eigenvalue weighted by molar-refractivity contribution is -0.137. The van der Waals surface area contributed by atoms with Crippen molar-refractivity contribution >= 4 is 17.2 Å². The summed E-state index contributed by atoms with van der Waals surface area (Å²) >= 11 is 1.70. The van der Waals surface area contributed by atoms with Gasteiger partial charge in [-0.2, -0.15) is 0 Å². The van der Waals surface area contributed by atoms with Gasteiger partial charge in [0.05, 0.1) is 6.04 Å². The minimum absolute atomic E-state index is 0.0773. The standard InChI is InChI=1S/C14H22N2OS/c1-10(2)7-8-16-13(17)6-5-11(15)14(16)12-4-3-9-18-12/h3-4,9-11,14H,5-8,15H2,1-2H3. The second-order valence-corrected chi connectivity index (χ2v) is 6.41. The Balaban J connectivity index is 2.16. The Morgan fingerprint density at radius 1 is 1.56 bits per heavy atom. The molecule has 0 radical (unpaired) electrons. The highest BCUT2D eigenvalue weighted by atomic mass is 32.1. The van der Waals surface area contributed by atoms with Crippen LogP contribution in [0, 0.1) is 5.92 Å². The van der Waals surface area contributed by atoms with Crippen molar-refractivity contribution in [2.45, 2.75) is 45.2 Å². The number of nitrogens with two attached hydrogens (primary N) is 1. The molecular weight excluding hydrogens is 244 g/mol. The van der Waals surface area contributed by atoms with E-state index in [4.69, 9.17) is 5.73 Å². The minimum Gasteiger partial charge on any atom is -0.333 e. The third-order valence-corrected chi connectivity index (χ3v) is 4.48. The fourth-order valence-electron chi connectivity index (χ4n) is 2.46. The van der Waals surface area contributed by atoms with Crippen molar-refractivity contribution in [2.24, 2.45) is 11.7 Å². The van der Waals surface area contributed by atoms with Gasteiger partial charge in [0.2, 0.25) is 5.91 Å². The van der Waals surface area contributed by atoms with Crippen LogP contribution in [0.5, 0.6) is 0 Å². The average molecular weight is 266 g/mol. The molecule has 18 heavy (non-hydrogen) atoms. The summed E-state index contributed by atoms with van der Waals surface area (Å²) in [4.78, 5) is 15.4. The van der Waals surface area contributed by atoms with Gasteiger partial charge in [0.1, 0.15) is 0 Å². The molecule has 2 unspecified atom stereocenters. The quantitative estimate of drug-likeness (QED) is 0.911. The fraction of sp³-hybridized carbons (Fsp3) is 0.643. The van der Waals surface area contributed by atoms with E-state index >= 15 is 0 Å². The van der Waals surface area contributed by atoms with Gasteiger partial charge >= 0.3 is 0 Å². The van der Waals surface area contributed by atoms with E-state index in [2.05, 4.69) is 25.3 Å². The van der Waals surface area contributed by atoms with Crippen molar-refractivity contribution in [3.8, 4) is 0 Å². The van der Waals surface area contributed by atoms with Crippen LogP contribution in [-0.4, -0.2) is 23.4 Å². The average Bonchev–Trinajstić information content (AvgIpc) is 2.83. The zero-order valence-corrected chi connectivity index (χ0v) is 12.0. The Morgan fingerprint density at radius 2 is 2.33 bits per heavy atom. The van der Waals surface area contributed by atoms with E-state index in [1.807, 2.05) is 11.0 Å².